The van der Waals surface area contributed by atoms with Gasteiger partial charge in [-0.3, -0.25) is 24.4 Å². The van der Waals surface area contributed by atoms with Gasteiger partial charge in [0.05, 0.1) is 12.8 Å². The van der Waals surface area contributed by atoms with Gasteiger partial charge < -0.3 is 16.2 Å². The van der Waals surface area contributed by atoms with Gasteiger partial charge in [0.1, 0.15) is 0 Å². The van der Waals surface area contributed by atoms with E-state index in [9.17, 15) is 19.2 Å². The molecule has 0 aliphatic carbocycles. The van der Waals surface area contributed by atoms with E-state index in [4.69, 9.17) is 16.0 Å². The van der Waals surface area contributed by atoms with Crippen molar-refractivity contribution in [3.63, 3.8) is 0 Å². The summed E-state index contributed by atoms with van der Waals surface area (Å²) in [7, 11) is 0. The molecule has 1 aliphatic rings. The number of aliphatic carboxylic acids is 1. The third-order valence-corrected chi connectivity index (χ3v) is 9.53. The number of nitrogens with two attached hydrogens (primary N) is 1. The summed E-state index contributed by atoms with van der Waals surface area (Å²) in [5, 5.41) is 25.3. The van der Waals surface area contributed by atoms with Crippen LogP contribution in [-0.2, 0) is 32.0 Å². The molecule has 5 N–H and O–H groups in total. The number of carboxylic acid groups (broad SMARTS) is 1. The first-order chi connectivity index (χ1) is 28.2. The molecule has 1 aliphatic heterocycles. The van der Waals surface area contributed by atoms with Crippen LogP contribution in [0.25, 0.3) is 43.8 Å². The lowest BCUT2D eigenvalue weighted by Crippen LogP contribution is -2.26. The molecular formula is C49H55N3O6. The summed E-state index contributed by atoms with van der Waals surface area (Å²) in [6.45, 7) is 5.91. The second-order valence-corrected chi connectivity index (χ2v) is 13.9. The average molecular weight is 782 g/mol. The third kappa shape index (κ3) is 13.2. The van der Waals surface area contributed by atoms with Crippen LogP contribution >= 0.6 is 0 Å². The molecule has 6 aromatic rings. The Labute approximate surface area is 341 Å². The van der Waals surface area contributed by atoms with Gasteiger partial charge in [-0.15, -0.1) is 0 Å². The average Bonchev–Trinajstić information content (AvgIpc) is 3.54. The second-order valence-electron chi connectivity index (χ2n) is 13.9. The molecule has 0 spiro atoms. The predicted molar refractivity (Wildman–Crippen MR) is 233 cm³/mol. The Bertz CT molecular complexity index is 2220. The van der Waals surface area contributed by atoms with Gasteiger partial charge in [0.15, 0.2) is 0 Å². The van der Waals surface area contributed by atoms with Crippen LogP contribution in [0.5, 0.6) is 0 Å². The lowest BCUT2D eigenvalue weighted by molar-refractivity contribution is -0.171. The smallest absolute Gasteiger partial charge is 0.307 e. The molecule has 0 unspecified atom stereocenters. The number of carboxylic acids is 1. The van der Waals surface area contributed by atoms with E-state index in [0.717, 1.165) is 64.5 Å². The number of imide groups is 1. The topological polar surface area (TPSA) is 150 Å². The van der Waals surface area contributed by atoms with Crippen molar-refractivity contribution in [3.8, 4) is 22.3 Å². The van der Waals surface area contributed by atoms with Crippen molar-refractivity contribution in [2.24, 2.45) is 5.73 Å². The van der Waals surface area contributed by atoms with Crippen LogP contribution in [-0.4, -0.2) is 52.2 Å². The van der Waals surface area contributed by atoms with E-state index >= 15 is 0 Å². The van der Waals surface area contributed by atoms with Crippen LogP contribution in [0.4, 0.5) is 0 Å². The fourth-order valence-corrected chi connectivity index (χ4v) is 6.58. The van der Waals surface area contributed by atoms with E-state index in [1.165, 1.54) is 35.6 Å². The summed E-state index contributed by atoms with van der Waals surface area (Å²) in [5.74, 6) is -1.72. The van der Waals surface area contributed by atoms with Crippen LogP contribution < -0.4 is 11.1 Å². The number of carbonyl (C=O) groups is 4. The molecule has 7 rings (SSSR count). The van der Waals surface area contributed by atoms with Crippen molar-refractivity contribution in [1.29, 1.82) is 0 Å². The quantitative estimate of drug-likeness (QED) is 0.0549. The number of carbonyl (C=O) groups excluding carboxylic acids is 3. The highest BCUT2D eigenvalue weighted by Gasteiger charge is 2.26. The molecule has 0 saturated carbocycles. The minimum absolute atomic E-state index is 0.0368. The molecule has 58 heavy (non-hydrogen) atoms. The summed E-state index contributed by atoms with van der Waals surface area (Å²) in [6.07, 6.45) is 6.61. The molecule has 1 heterocycles. The number of fused-ring (bicyclic) bond motifs is 2. The number of hydrogen-bond acceptors (Lipinski definition) is 6. The van der Waals surface area contributed by atoms with Crippen LogP contribution in [0.1, 0.15) is 69.9 Å². The van der Waals surface area contributed by atoms with Gasteiger partial charge in [-0.05, 0) is 74.3 Å². The summed E-state index contributed by atoms with van der Waals surface area (Å²) in [4.78, 5) is 43.9. The molecule has 0 bridgehead atoms. The molecule has 0 atom stereocenters. The monoisotopic (exact) mass is 781 g/mol. The van der Waals surface area contributed by atoms with Crippen LogP contribution in [0, 0.1) is 0 Å². The lowest BCUT2D eigenvalue weighted by Gasteiger charge is -2.14. The highest BCUT2D eigenvalue weighted by molar-refractivity contribution is 6.01. The molecule has 9 heteroatoms. The zero-order chi connectivity index (χ0) is 41.7. The number of hydroxylamine groups is 2. The molecular weight excluding hydrogens is 727 g/mol. The van der Waals surface area contributed by atoms with Gasteiger partial charge in [0.25, 0.3) is 11.8 Å². The molecule has 9 nitrogen and oxygen atoms in total. The number of nitrogens with one attached hydrogen (secondary N) is 1. The highest BCUT2D eigenvalue weighted by atomic mass is 16.5. The summed E-state index contributed by atoms with van der Waals surface area (Å²) < 4.78 is 0. The fraction of sp³-hybridized carbons (Fsp3) is 0.265. The van der Waals surface area contributed by atoms with E-state index in [1.807, 2.05) is 91.0 Å². The van der Waals surface area contributed by atoms with Gasteiger partial charge in [-0.25, -0.2) is 0 Å². The van der Waals surface area contributed by atoms with E-state index in [0.29, 0.717) is 6.42 Å². The minimum atomic E-state index is -0.808. The van der Waals surface area contributed by atoms with Crippen molar-refractivity contribution in [3.05, 3.63) is 145 Å². The number of amides is 3. The van der Waals surface area contributed by atoms with Crippen molar-refractivity contribution in [2.45, 2.75) is 71.6 Å². The molecule has 1 fully saturated rings. The van der Waals surface area contributed by atoms with Gasteiger partial charge in [-0.2, -0.15) is 5.06 Å². The van der Waals surface area contributed by atoms with Gasteiger partial charge in [0, 0.05) is 19.4 Å². The fourth-order valence-electron chi connectivity index (χ4n) is 6.58. The first-order valence-corrected chi connectivity index (χ1v) is 20.0. The summed E-state index contributed by atoms with van der Waals surface area (Å²) in [5.41, 5.74) is 11.5. The molecule has 6 aromatic carbocycles. The van der Waals surface area contributed by atoms with Crippen molar-refractivity contribution in [1.82, 2.24) is 10.4 Å². The van der Waals surface area contributed by atoms with Crippen molar-refractivity contribution >= 4 is 45.2 Å². The zero-order valence-electron chi connectivity index (χ0n) is 33.5. The first kappa shape index (κ1) is 44.6. The van der Waals surface area contributed by atoms with Crippen LogP contribution in [0.15, 0.2) is 133 Å². The number of benzene rings is 6. The first-order valence-electron chi connectivity index (χ1n) is 20.0. The lowest BCUT2D eigenvalue weighted by atomic mass is 9.92. The highest BCUT2D eigenvalue weighted by Crippen LogP contribution is 2.34. The largest absolute Gasteiger partial charge is 0.481 e. The Morgan fingerprint density at radius 1 is 0.603 bits per heavy atom. The Kier molecular flexibility index (Phi) is 18.3. The standard InChI is InChI=1S/C22H23NO.C18H14O2.C5H13N.C4H5NO3/c1-2-3-15-23-21(24)16-19-14-13-17-9-7-8-12-20(17)22(19)18-10-5-4-6-11-18;19-17(20)12-15-11-10-13-6-4-5-9-16(13)18(15)14-7-2-1-3-8-14;1-2-3-4-5-6;6-3-1-2-4(7)5(3)8/h4-14H,2-3,15-16H2,1H3,(H,23,24);1-11H,12H2,(H,19,20);2-6H2,1H3;8H,1-2H2. The Balaban J connectivity index is 0.000000195. The maximum atomic E-state index is 12.3. The summed E-state index contributed by atoms with van der Waals surface area (Å²) in [6, 6.07) is 44.8. The van der Waals surface area contributed by atoms with Crippen LogP contribution in [0.2, 0.25) is 0 Å². The molecule has 0 radical (unpaired) electrons. The number of nitrogens with zero attached hydrogens (tertiary/aromatic N) is 1. The Morgan fingerprint density at radius 2 is 1.05 bits per heavy atom. The number of hydrogen-bond donors (Lipinski definition) is 4. The van der Waals surface area contributed by atoms with E-state index in [-0.39, 0.29) is 30.2 Å². The molecule has 302 valence electrons. The Hall–Kier alpha value is -6.16. The third-order valence-electron chi connectivity index (χ3n) is 9.53. The predicted octanol–water partition coefficient (Wildman–Crippen LogP) is 9.76. The van der Waals surface area contributed by atoms with Gasteiger partial charge >= 0.3 is 5.97 Å². The maximum absolute atomic E-state index is 12.3. The van der Waals surface area contributed by atoms with Crippen LogP contribution in [0.3, 0.4) is 0 Å². The SMILES string of the molecule is CCCCCN.CCCCNC(=O)Cc1ccc2ccccc2c1-c1ccccc1.O=C(O)Cc1ccc2ccccc2c1-c1ccccc1.O=C1CCC(=O)N1O. The van der Waals surface area contributed by atoms with E-state index in [2.05, 4.69) is 61.6 Å². The summed E-state index contributed by atoms with van der Waals surface area (Å²) >= 11 is 0. The van der Waals surface area contributed by atoms with Crippen molar-refractivity contribution in [2.75, 3.05) is 13.1 Å². The maximum Gasteiger partial charge on any atom is 0.307 e. The zero-order valence-corrected chi connectivity index (χ0v) is 33.5. The molecule has 1 saturated heterocycles. The Morgan fingerprint density at radius 3 is 1.45 bits per heavy atom. The van der Waals surface area contributed by atoms with Crippen molar-refractivity contribution < 1.29 is 29.5 Å². The number of unbranched alkanes of at least 4 members (excludes halogenated alkanes) is 3. The van der Waals surface area contributed by atoms with E-state index < -0.39 is 17.8 Å². The molecule has 0 aromatic heterocycles. The molecule has 3 amide bonds. The van der Waals surface area contributed by atoms with E-state index in [1.54, 1.807) is 0 Å². The van der Waals surface area contributed by atoms with Gasteiger partial charge in [-0.1, -0.05) is 167 Å². The second kappa shape index (κ2) is 23.8. The van der Waals surface area contributed by atoms with Gasteiger partial charge in [0.2, 0.25) is 5.91 Å². The normalized spacial score (nSPS) is 11.8. The minimum Gasteiger partial charge on any atom is -0.481 e. The number of rotatable bonds is 12.